The highest BCUT2D eigenvalue weighted by Crippen LogP contribution is 2.39. The van der Waals surface area contributed by atoms with Crippen LogP contribution in [0, 0.1) is 0 Å². The highest BCUT2D eigenvalue weighted by atomic mass is 32.2. The molecule has 1 aromatic carbocycles. The Labute approximate surface area is 155 Å². The third-order valence-electron chi connectivity index (χ3n) is 4.73. The van der Waals surface area contributed by atoms with Gasteiger partial charge in [-0.25, -0.2) is 0 Å². The van der Waals surface area contributed by atoms with Gasteiger partial charge in [-0.15, -0.1) is 23.1 Å². The summed E-state index contributed by atoms with van der Waals surface area (Å²) in [5.74, 6) is -0.0392. The molecule has 2 bridgehead atoms. The number of likely N-dealkylation sites (tertiary alicyclic amines) is 1. The molecule has 0 radical (unpaired) electrons. The molecule has 0 aliphatic carbocycles. The lowest BCUT2D eigenvalue weighted by Crippen LogP contribution is -2.52. The number of carbonyl (C=O) groups is 2. The molecular weight excluding hydrogens is 352 g/mol. The van der Waals surface area contributed by atoms with Crippen LogP contribution >= 0.6 is 23.1 Å². The van der Waals surface area contributed by atoms with E-state index in [1.165, 1.54) is 0 Å². The smallest absolute Gasteiger partial charge is 0.250 e. The Balaban J connectivity index is 1.52. The maximum atomic E-state index is 12.9. The number of carbonyl (C=O) groups excluding carboxylic acids is 2. The Kier molecular flexibility index (Phi) is 4.39. The molecule has 2 amide bonds. The van der Waals surface area contributed by atoms with E-state index in [1.54, 1.807) is 34.1 Å². The number of nitrogens with zero attached hydrogens (tertiary/aromatic N) is 2. The van der Waals surface area contributed by atoms with Crippen LogP contribution in [0.25, 0.3) is 6.08 Å². The minimum Gasteiger partial charge on any atom is -0.325 e. The van der Waals surface area contributed by atoms with Crippen LogP contribution in [-0.2, 0) is 9.59 Å². The number of hydrogen-bond acceptors (Lipinski definition) is 4. The Morgan fingerprint density at radius 3 is 2.84 bits per heavy atom. The zero-order valence-corrected chi connectivity index (χ0v) is 15.4. The summed E-state index contributed by atoms with van der Waals surface area (Å²) in [6.45, 7) is 0.604. The first-order chi connectivity index (χ1) is 12.2. The maximum absolute atomic E-state index is 12.9. The number of hydrogen-bond donors (Lipinski definition) is 0. The van der Waals surface area contributed by atoms with Crippen LogP contribution in [0.1, 0.15) is 11.3 Å². The van der Waals surface area contributed by atoms with E-state index in [2.05, 4.69) is 0 Å². The van der Waals surface area contributed by atoms with Gasteiger partial charge in [0.15, 0.2) is 0 Å². The van der Waals surface area contributed by atoms with Gasteiger partial charge in [0.25, 0.3) is 0 Å². The van der Waals surface area contributed by atoms with Crippen LogP contribution in [0.5, 0.6) is 0 Å². The predicted molar refractivity (Wildman–Crippen MR) is 103 cm³/mol. The highest BCUT2D eigenvalue weighted by molar-refractivity contribution is 7.98. The van der Waals surface area contributed by atoms with Crippen molar-refractivity contribution in [3.8, 4) is 0 Å². The number of benzene rings is 1. The molecule has 1 aromatic heterocycles. The summed E-state index contributed by atoms with van der Waals surface area (Å²) in [5, 5.41) is 1.98. The Morgan fingerprint density at radius 2 is 2.12 bits per heavy atom. The van der Waals surface area contributed by atoms with E-state index in [-0.39, 0.29) is 23.9 Å². The van der Waals surface area contributed by atoms with Crippen LogP contribution < -0.4 is 4.90 Å². The largest absolute Gasteiger partial charge is 0.325 e. The number of thiophene rings is 1. The number of thioether (sulfide) groups is 1. The second kappa shape index (κ2) is 6.69. The van der Waals surface area contributed by atoms with Crippen molar-refractivity contribution >= 4 is 46.7 Å². The third kappa shape index (κ3) is 2.89. The van der Waals surface area contributed by atoms with Crippen LogP contribution in [0.3, 0.4) is 0 Å². The Hall–Kier alpha value is -2.05. The minimum atomic E-state index is -0.333. The fourth-order valence-corrected chi connectivity index (χ4v) is 4.81. The molecule has 6 heteroatoms. The molecule has 3 heterocycles. The van der Waals surface area contributed by atoms with Gasteiger partial charge in [-0.2, -0.15) is 0 Å². The summed E-state index contributed by atoms with van der Waals surface area (Å²) >= 11 is 3.23. The van der Waals surface area contributed by atoms with Gasteiger partial charge >= 0.3 is 0 Å². The van der Waals surface area contributed by atoms with Crippen LogP contribution in [0.2, 0.25) is 0 Å². The van der Waals surface area contributed by atoms with Gasteiger partial charge in [0.1, 0.15) is 6.04 Å². The predicted octanol–water partition coefficient (Wildman–Crippen LogP) is 3.50. The van der Waals surface area contributed by atoms with Crippen molar-refractivity contribution in [1.29, 1.82) is 0 Å². The first kappa shape index (κ1) is 16.4. The molecule has 0 spiro atoms. The van der Waals surface area contributed by atoms with E-state index < -0.39 is 0 Å². The van der Waals surface area contributed by atoms with E-state index in [9.17, 15) is 9.59 Å². The summed E-state index contributed by atoms with van der Waals surface area (Å²) in [6.07, 6.45) is 6.15. The minimum absolute atomic E-state index is 0.0376. The van der Waals surface area contributed by atoms with Crippen LogP contribution in [0.4, 0.5) is 5.69 Å². The average Bonchev–Trinajstić information content (AvgIpc) is 3.36. The lowest BCUT2D eigenvalue weighted by molar-refractivity contribution is -0.134. The molecule has 2 aromatic rings. The summed E-state index contributed by atoms with van der Waals surface area (Å²) in [5.41, 5.74) is 0.966. The fraction of sp³-hybridized carbons (Fsp3) is 0.263. The molecule has 2 atom stereocenters. The van der Waals surface area contributed by atoms with Gasteiger partial charge in [-0.1, -0.05) is 18.2 Å². The molecular formula is C19H18N2O2S2. The number of para-hydroxylation sites is 1. The van der Waals surface area contributed by atoms with Crippen LogP contribution in [-0.4, -0.2) is 41.6 Å². The first-order valence-corrected chi connectivity index (χ1v) is 10.3. The number of piperazine rings is 1. The molecule has 2 saturated heterocycles. The van der Waals surface area contributed by atoms with E-state index in [4.69, 9.17) is 0 Å². The molecule has 2 fully saturated rings. The second-order valence-electron chi connectivity index (χ2n) is 6.12. The summed E-state index contributed by atoms with van der Waals surface area (Å²) in [7, 11) is 0. The van der Waals surface area contributed by atoms with Crippen molar-refractivity contribution in [3.05, 3.63) is 52.7 Å². The van der Waals surface area contributed by atoms with Gasteiger partial charge < -0.3 is 9.80 Å². The van der Waals surface area contributed by atoms with Gasteiger partial charge in [-0.3, -0.25) is 9.59 Å². The van der Waals surface area contributed by atoms with Crippen molar-refractivity contribution in [2.75, 3.05) is 17.7 Å². The summed E-state index contributed by atoms with van der Waals surface area (Å²) in [6, 6.07) is 11.6. The standard InChI is InChI=1S/C19H18N2O2S2/c1-24-17-7-3-2-6-15(17)21-13-11-16(19(21)23)20(12-13)18(22)9-8-14-5-4-10-25-14/h2-10,13,16H,11-12H2,1H3/b9-8+/t13-,16-/m0/s1. The fourth-order valence-electron chi connectivity index (χ4n) is 3.60. The van der Waals surface area contributed by atoms with Crippen molar-refractivity contribution in [2.45, 2.75) is 23.4 Å². The molecule has 0 N–H and O–H groups in total. The number of anilines is 1. The van der Waals surface area contributed by atoms with Crippen molar-refractivity contribution < 1.29 is 9.59 Å². The van der Waals surface area contributed by atoms with Gasteiger partial charge in [0.05, 0.1) is 11.7 Å². The monoisotopic (exact) mass is 370 g/mol. The molecule has 4 rings (SSSR count). The van der Waals surface area contributed by atoms with Gasteiger partial charge in [0.2, 0.25) is 11.8 Å². The Bertz CT molecular complexity index is 832. The molecule has 128 valence electrons. The van der Waals surface area contributed by atoms with Crippen molar-refractivity contribution in [1.82, 2.24) is 4.90 Å². The topological polar surface area (TPSA) is 40.6 Å². The van der Waals surface area contributed by atoms with E-state index in [1.807, 2.05) is 59.0 Å². The molecule has 0 unspecified atom stereocenters. The SMILES string of the molecule is CSc1ccccc1N1C(=O)[C@@H]2C[C@H]1CN2C(=O)/C=C/c1cccs1. The first-order valence-electron chi connectivity index (χ1n) is 8.17. The lowest BCUT2D eigenvalue weighted by atomic mass is 10.2. The maximum Gasteiger partial charge on any atom is 0.250 e. The number of amides is 2. The highest BCUT2D eigenvalue weighted by Gasteiger charge is 2.51. The summed E-state index contributed by atoms with van der Waals surface area (Å²) < 4.78 is 0. The lowest BCUT2D eigenvalue weighted by Gasteiger charge is -2.34. The normalized spacial score (nSPS) is 22.4. The average molecular weight is 370 g/mol. The zero-order valence-electron chi connectivity index (χ0n) is 13.8. The summed E-state index contributed by atoms with van der Waals surface area (Å²) in [4.78, 5) is 31.1. The molecule has 2 aliphatic rings. The third-order valence-corrected chi connectivity index (χ3v) is 6.35. The van der Waals surface area contributed by atoms with E-state index >= 15 is 0 Å². The molecule has 4 nitrogen and oxygen atoms in total. The molecule has 25 heavy (non-hydrogen) atoms. The van der Waals surface area contributed by atoms with Crippen molar-refractivity contribution in [2.24, 2.45) is 0 Å². The zero-order chi connectivity index (χ0) is 17.4. The van der Waals surface area contributed by atoms with Gasteiger partial charge in [0, 0.05) is 22.4 Å². The molecule has 0 saturated carbocycles. The van der Waals surface area contributed by atoms with E-state index in [0.717, 1.165) is 21.9 Å². The van der Waals surface area contributed by atoms with E-state index in [0.29, 0.717) is 6.54 Å². The molecule has 2 aliphatic heterocycles. The number of rotatable bonds is 4. The Morgan fingerprint density at radius 1 is 1.28 bits per heavy atom. The second-order valence-corrected chi connectivity index (χ2v) is 7.95. The van der Waals surface area contributed by atoms with Gasteiger partial charge in [-0.05, 0) is 42.3 Å². The quantitative estimate of drug-likeness (QED) is 0.611. The van der Waals surface area contributed by atoms with Crippen LogP contribution in [0.15, 0.2) is 52.7 Å². The van der Waals surface area contributed by atoms with Crippen molar-refractivity contribution in [3.63, 3.8) is 0 Å². The number of fused-ring (bicyclic) bond motifs is 2.